The van der Waals surface area contributed by atoms with Crippen LogP contribution in [0.5, 0.6) is 11.5 Å². The monoisotopic (exact) mass is 453 g/mol. The summed E-state index contributed by atoms with van der Waals surface area (Å²) < 4.78 is 22.8. The molecule has 1 N–H and O–H groups in total. The average molecular weight is 454 g/mol. The Bertz CT molecular complexity index is 1020. The number of esters is 1. The first-order chi connectivity index (χ1) is 16.0. The lowest BCUT2D eigenvalue weighted by Crippen LogP contribution is -2.34. The van der Waals surface area contributed by atoms with E-state index in [1.165, 1.54) is 19.1 Å². The van der Waals surface area contributed by atoms with Gasteiger partial charge in [-0.15, -0.1) is 0 Å². The Balaban J connectivity index is 1.67. The predicted octanol–water partition coefficient (Wildman–Crippen LogP) is 4.74. The van der Waals surface area contributed by atoms with Crippen molar-refractivity contribution in [3.05, 3.63) is 53.1 Å². The predicted molar refractivity (Wildman–Crippen MR) is 124 cm³/mol. The second kappa shape index (κ2) is 10.3. The number of ether oxygens (including phenoxy) is 4. The van der Waals surface area contributed by atoms with E-state index in [2.05, 4.69) is 10.1 Å². The average Bonchev–Trinajstić information content (AvgIpc) is 2.86. The lowest BCUT2D eigenvalue weighted by molar-refractivity contribution is -0.141. The van der Waals surface area contributed by atoms with Crippen LogP contribution in [0, 0.1) is 0 Å². The summed E-state index contributed by atoms with van der Waals surface area (Å²) in [7, 11) is 4.69. The van der Waals surface area contributed by atoms with Crippen molar-refractivity contribution < 1.29 is 28.5 Å². The highest BCUT2D eigenvalue weighted by Crippen LogP contribution is 2.52. The minimum atomic E-state index is -0.408. The van der Waals surface area contributed by atoms with Gasteiger partial charge in [-0.3, -0.25) is 9.59 Å². The highest BCUT2D eigenvalue weighted by molar-refractivity contribution is 5.92. The van der Waals surface area contributed by atoms with Crippen molar-refractivity contribution in [1.82, 2.24) is 0 Å². The Labute approximate surface area is 194 Å². The van der Waals surface area contributed by atoms with Crippen molar-refractivity contribution in [1.29, 1.82) is 0 Å². The molecule has 0 unspecified atom stereocenters. The summed E-state index contributed by atoms with van der Waals surface area (Å²) in [5, 5.41) is 2.87. The maximum Gasteiger partial charge on any atom is 0.306 e. The van der Waals surface area contributed by atoms with Crippen LogP contribution in [-0.2, 0) is 19.1 Å². The van der Waals surface area contributed by atoms with Gasteiger partial charge < -0.3 is 24.3 Å². The quantitative estimate of drug-likeness (QED) is 0.610. The molecule has 1 aliphatic carbocycles. The van der Waals surface area contributed by atoms with Crippen molar-refractivity contribution in [2.75, 3.05) is 26.6 Å². The smallest absolute Gasteiger partial charge is 0.306 e. The van der Waals surface area contributed by atoms with Crippen LogP contribution < -0.4 is 14.8 Å². The van der Waals surface area contributed by atoms with Crippen LogP contribution in [-0.4, -0.2) is 39.3 Å². The Morgan fingerprint density at radius 1 is 0.970 bits per heavy atom. The third-order valence-electron chi connectivity index (χ3n) is 6.55. The van der Waals surface area contributed by atoms with Gasteiger partial charge in [0.1, 0.15) is 17.6 Å². The van der Waals surface area contributed by atoms with Crippen LogP contribution >= 0.6 is 0 Å². The molecular formula is C26H31NO6. The van der Waals surface area contributed by atoms with Crippen LogP contribution in [0.2, 0.25) is 0 Å². The highest BCUT2D eigenvalue weighted by Gasteiger charge is 2.41. The van der Waals surface area contributed by atoms with Gasteiger partial charge in [0.2, 0.25) is 5.91 Å². The third kappa shape index (κ3) is 4.83. The number of fused-ring (bicyclic) bond motifs is 3. The van der Waals surface area contributed by atoms with E-state index >= 15 is 0 Å². The summed E-state index contributed by atoms with van der Waals surface area (Å²) in [6, 6.07) is 11.6. The molecule has 2 aliphatic rings. The molecule has 176 valence electrons. The summed E-state index contributed by atoms with van der Waals surface area (Å²) in [6.45, 7) is 0. The molecule has 7 heteroatoms. The number of amides is 1. The molecule has 2 aromatic carbocycles. The molecule has 1 saturated carbocycles. The molecule has 0 aromatic heterocycles. The van der Waals surface area contributed by atoms with Gasteiger partial charge in [-0.05, 0) is 42.7 Å². The van der Waals surface area contributed by atoms with Gasteiger partial charge in [0.05, 0.1) is 33.9 Å². The van der Waals surface area contributed by atoms with E-state index in [9.17, 15) is 9.59 Å². The molecule has 0 spiro atoms. The van der Waals surface area contributed by atoms with Gasteiger partial charge in [0.15, 0.2) is 0 Å². The third-order valence-corrected chi connectivity index (χ3v) is 6.55. The largest absolute Gasteiger partial charge is 0.496 e. The number of hydrogen-bond donors (Lipinski definition) is 1. The van der Waals surface area contributed by atoms with Gasteiger partial charge in [-0.25, -0.2) is 0 Å². The summed E-state index contributed by atoms with van der Waals surface area (Å²) in [4.78, 5) is 23.6. The van der Waals surface area contributed by atoms with E-state index in [-0.39, 0.29) is 36.9 Å². The van der Waals surface area contributed by atoms with Crippen LogP contribution in [0.15, 0.2) is 36.4 Å². The van der Waals surface area contributed by atoms with E-state index in [0.29, 0.717) is 5.69 Å². The highest BCUT2D eigenvalue weighted by atomic mass is 16.5. The first kappa shape index (κ1) is 23.1. The molecule has 0 radical (unpaired) electrons. The first-order valence-corrected chi connectivity index (χ1v) is 11.4. The molecule has 3 atom stereocenters. The SMILES string of the molecule is COC(=O)CCC(=O)Nc1cccc([C@@H]2O[C@H]3CCCC[C@@H]3c3c(OC)ccc(OC)c32)c1. The number of hydrogen-bond acceptors (Lipinski definition) is 6. The number of carbonyl (C=O) groups is 2. The normalized spacial score (nSPS) is 21.4. The van der Waals surface area contributed by atoms with Crippen LogP contribution in [0.1, 0.15) is 67.2 Å². The van der Waals surface area contributed by atoms with Gasteiger partial charge >= 0.3 is 5.97 Å². The van der Waals surface area contributed by atoms with E-state index in [0.717, 1.165) is 41.9 Å². The summed E-state index contributed by atoms with van der Waals surface area (Å²) >= 11 is 0. The first-order valence-electron chi connectivity index (χ1n) is 11.4. The number of methoxy groups -OCH3 is 3. The number of benzene rings is 2. The number of carbonyl (C=O) groups excluding carboxylic acids is 2. The summed E-state index contributed by atoms with van der Waals surface area (Å²) in [5.74, 6) is 1.26. The van der Waals surface area contributed by atoms with Gasteiger partial charge in [0.25, 0.3) is 0 Å². The van der Waals surface area contributed by atoms with Crippen molar-refractivity contribution >= 4 is 17.6 Å². The Morgan fingerprint density at radius 2 is 1.70 bits per heavy atom. The maximum absolute atomic E-state index is 12.3. The lowest BCUT2D eigenvalue weighted by atomic mass is 9.75. The minimum Gasteiger partial charge on any atom is -0.496 e. The van der Waals surface area contributed by atoms with Gasteiger partial charge in [-0.2, -0.15) is 0 Å². The Morgan fingerprint density at radius 3 is 2.42 bits per heavy atom. The summed E-state index contributed by atoms with van der Waals surface area (Å²) in [5.41, 5.74) is 3.75. The molecule has 1 amide bonds. The molecular weight excluding hydrogens is 422 g/mol. The molecule has 4 rings (SSSR count). The van der Waals surface area contributed by atoms with E-state index in [4.69, 9.17) is 14.2 Å². The molecule has 1 aliphatic heterocycles. The fourth-order valence-corrected chi connectivity index (χ4v) is 5.00. The van der Waals surface area contributed by atoms with Crippen LogP contribution in [0.25, 0.3) is 0 Å². The zero-order chi connectivity index (χ0) is 23.4. The fraction of sp³-hybridized carbons (Fsp3) is 0.462. The van der Waals surface area contributed by atoms with E-state index < -0.39 is 5.97 Å². The Hall–Kier alpha value is -3.06. The molecule has 2 aromatic rings. The number of rotatable bonds is 7. The number of nitrogens with one attached hydrogen (secondary N) is 1. The molecule has 1 fully saturated rings. The molecule has 33 heavy (non-hydrogen) atoms. The van der Waals surface area contributed by atoms with Crippen LogP contribution in [0.3, 0.4) is 0 Å². The second-order valence-corrected chi connectivity index (χ2v) is 8.49. The van der Waals surface area contributed by atoms with Gasteiger partial charge in [-0.1, -0.05) is 25.0 Å². The van der Waals surface area contributed by atoms with Crippen molar-refractivity contribution in [2.24, 2.45) is 0 Å². The van der Waals surface area contributed by atoms with E-state index in [1.54, 1.807) is 14.2 Å². The zero-order valence-electron chi connectivity index (χ0n) is 19.4. The second-order valence-electron chi connectivity index (χ2n) is 8.49. The van der Waals surface area contributed by atoms with Crippen molar-refractivity contribution in [3.63, 3.8) is 0 Å². The topological polar surface area (TPSA) is 83.1 Å². The minimum absolute atomic E-state index is 0.0429. The van der Waals surface area contributed by atoms with E-state index in [1.807, 2.05) is 36.4 Å². The fourth-order valence-electron chi connectivity index (χ4n) is 5.00. The number of anilines is 1. The maximum atomic E-state index is 12.3. The van der Waals surface area contributed by atoms with Gasteiger partial charge in [0, 0.05) is 29.2 Å². The lowest BCUT2D eigenvalue weighted by Gasteiger charge is -2.42. The van der Waals surface area contributed by atoms with Crippen molar-refractivity contribution in [3.8, 4) is 11.5 Å². The molecule has 0 bridgehead atoms. The Kier molecular flexibility index (Phi) is 7.18. The molecule has 1 heterocycles. The molecule has 0 saturated heterocycles. The van der Waals surface area contributed by atoms with Crippen molar-refractivity contribution in [2.45, 2.75) is 56.7 Å². The molecule has 7 nitrogen and oxygen atoms in total. The van der Waals surface area contributed by atoms with Crippen LogP contribution in [0.4, 0.5) is 5.69 Å². The standard InChI is InChI=1S/C26H31NO6/c1-30-20-11-12-21(31-2)25-24(20)18-9-4-5-10-19(18)33-26(25)16-7-6-8-17(15-16)27-22(28)13-14-23(29)32-3/h6-8,11-12,15,18-19,26H,4-5,9-10,13-14H2,1-3H3,(H,27,28)/t18-,19-,26-/m0/s1. The summed E-state index contributed by atoms with van der Waals surface area (Å²) in [6.07, 6.45) is 4.26. The zero-order valence-corrected chi connectivity index (χ0v) is 19.4.